The van der Waals surface area contributed by atoms with Crippen LogP contribution in [0.25, 0.3) is 0 Å². The number of hydrogen-bond donors (Lipinski definition) is 8. The number of rotatable bonds is 4. The summed E-state index contributed by atoms with van der Waals surface area (Å²) in [6, 6.07) is -1.23. The van der Waals surface area contributed by atoms with Crippen molar-refractivity contribution in [3.8, 4) is 0 Å². The molecule has 2 fully saturated rings. The standard InChI is InChI=1S/C12H23NO10/c13-5-7(17)10(4(2-15)21-11(5)20)23-12-9(19)8(18)6(16)3(1-14)22-12/h3-12,14-20H,1-2,13H2/t3-,4-,5-,6+,7-,8+,9-,10-,11?,12+/m0/s1. The van der Waals surface area contributed by atoms with Crippen molar-refractivity contribution in [2.24, 2.45) is 5.73 Å². The molecule has 0 aromatic rings. The summed E-state index contributed by atoms with van der Waals surface area (Å²) in [6.45, 7) is -1.26. The molecular weight excluding hydrogens is 318 g/mol. The Kier molecular flexibility index (Phi) is 6.27. The second kappa shape index (κ2) is 7.63. The lowest BCUT2D eigenvalue weighted by atomic mass is 9.96. The maximum absolute atomic E-state index is 10.1. The molecule has 0 spiro atoms. The zero-order valence-corrected chi connectivity index (χ0v) is 12.1. The lowest BCUT2D eigenvalue weighted by molar-refractivity contribution is -0.344. The molecule has 23 heavy (non-hydrogen) atoms. The first-order valence-corrected chi connectivity index (χ1v) is 7.15. The Morgan fingerprint density at radius 3 is 1.96 bits per heavy atom. The summed E-state index contributed by atoms with van der Waals surface area (Å²) >= 11 is 0. The SMILES string of the molecule is N[C@@H]1C(O)O[C@@H](CO)[C@H](O[C@H]2O[C@@H](CO)[C@@H](O)[C@@H](O)[C@@H]2O)[C@H]1O. The Bertz CT molecular complexity index is 383. The predicted molar refractivity (Wildman–Crippen MR) is 70.6 cm³/mol. The zero-order valence-electron chi connectivity index (χ0n) is 12.1. The lowest BCUT2D eigenvalue weighted by Crippen LogP contribution is -2.66. The number of hydrogen-bond acceptors (Lipinski definition) is 11. The zero-order chi connectivity index (χ0) is 17.3. The number of nitrogens with two attached hydrogens (primary N) is 1. The van der Waals surface area contributed by atoms with Crippen LogP contribution >= 0.6 is 0 Å². The highest BCUT2D eigenvalue weighted by Crippen LogP contribution is 2.27. The van der Waals surface area contributed by atoms with Gasteiger partial charge in [-0.3, -0.25) is 0 Å². The highest BCUT2D eigenvalue weighted by Gasteiger charge is 2.49. The summed E-state index contributed by atoms with van der Waals surface area (Å²) in [5.41, 5.74) is 5.55. The van der Waals surface area contributed by atoms with Crippen molar-refractivity contribution in [2.45, 2.75) is 61.3 Å². The lowest BCUT2D eigenvalue weighted by Gasteiger charge is -2.45. The van der Waals surface area contributed by atoms with Gasteiger partial charge in [-0.1, -0.05) is 0 Å². The van der Waals surface area contributed by atoms with Crippen LogP contribution in [0, 0.1) is 0 Å². The van der Waals surface area contributed by atoms with Gasteiger partial charge < -0.3 is 55.7 Å². The van der Waals surface area contributed by atoms with Crippen LogP contribution in [-0.2, 0) is 14.2 Å². The average molecular weight is 341 g/mol. The van der Waals surface area contributed by atoms with Gasteiger partial charge in [0.15, 0.2) is 12.6 Å². The molecule has 2 heterocycles. The molecule has 0 radical (unpaired) electrons. The van der Waals surface area contributed by atoms with E-state index in [1.165, 1.54) is 0 Å². The Morgan fingerprint density at radius 2 is 1.39 bits per heavy atom. The van der Waals surface area contributed by atoms with E-state index in [1.54, 1.807) is 0 Å². The fourth-order valence-electron chi connectivity index (χ4n) is 2.60. The van der Waals surface area contributed by atoms with Crippen molar-refractivity contribution in [1.82, 2.24) is 0 Å². The van der Waals surface area contributed by atoms with Gasteiger partial charge in [0.2, 0.25) is 0 Å². The van der Waals surface area contributed by atoms with E-state index in [4.69, 9.17) is 25.1 Å². The van der Waals surface area contributed by atoms with Gasteiger partial charge in [0.05, 0.1) is 19.3 Å². The molecule has 0 bridgehead atoms. The first kappa shape index (κ1) is 18.9. The normalized spacial score (nSPS) is 51.7. The van der Waals surface area contributed by atoms with Gasteiger partial charge >= 0.3 is 0 Å². The van der Waals surface area contributed by atoms with Gasteiger partial charge in [-0.2, -0.15) is 0 Å². The smallest absolute Gasteiger partial charge is 0.187 e. The molecule has 0 aromatic carbocycles. The maximum atomic E-state index is 10.1. The third-order valence-electron chi connectivity index (χ3n) is 4.06. The summed E-state index contributed by atoms with van der Waals surface area (Å²) in [6.07, 6.45) is -13.0. The molecule has 0 saturated carbocycles. The summed E-state index contributed by atoms with van der Waals surface area (Å²) in [4.78, 5) is 0. The van der Waals surface area contributed by atoms with Gasteiger partial charge in [-0.05, 0) is 0 Å². The highest BCUT2D eigenvalue weighted by molar-refractivity contribution is 4.94. The molecule has 11 nitrogen and oxygen atoms in total. The van der Waals surface area contributed by atoms with Crippen LogP contribution < -0.4 is 5.73 Å². The fraction of sp³-hybridized carbons (Fsp3) is 1.00. The molecule has 2 aliphatic rings. The van der Waals surface area contributed by atoms with E-state index in [2.05, 4.69) is 0 Å². The van der Waals surface area contributed by atoms with Crippen LogP contribution in [0.3, 0.4) is 0 Å². The number of aliphatic hydroxyl groups is 7. The second-order valence-electron chi connectivity index (χ2n) is 5.61. The van der Waals surface area contributed by atoms with E-state index >= 15 is 0 Å². The Morgan fingerprint density at radius 1 is 0.783 bits per heavy atom. The molecule has 10 atom stereocenters. The third-order valence-corrected chi connectivity index (χ3v) is 4.06. The summed E-state index contributed by atoms with van der Waals surface area (Å²) in [7, 11) is 0. The quantitative estimate of drug-likeness (QED) is 0.243. The molecular formula is C12H23NO10. The molecule has 11 heteroatoms. The molecule has 0 aliphatic carbocycles. The third kappa shape index (κ3) is 3.65. The molecule has 0 aromatic heterocycles. The van der Waals surface area contributed by atoms with Crippen molar-refractivity contribution in [2.75, 3.05) is 13.2 Å². The van der Waals surface area contributed by atoms with Crippen molar-refractivity contribution < 1.29 is 50.0 Å². The minimum absolute atomic E-state index is 0.622. The summed E-state index contributed by atoms with van der Waals surface area (Å²) in [5, 5.41) is 67.3. The molecule has 0 amide bonds. The second-order valence-corrected chi connectivity index (χ2v) is 5.61. The van der Waals surface area contributed by atoms with E-state index in [1.807, 2.05) is 0 Å². The van der Waals surface area contributed by atoms with Crippen LogP contribution in [0.2, 0.25) is 0 Å². The fourth-order valence-corrected chi connectivity index (χ4v) is 2.60. The van der Waals surface area contributed by atoms with Crippen molar-refractivity contribution in [3.63, 3.8) is 0 Å². The van der Waals surface area contributed by atoms with Crippen molar-refractivity contribution in [1.29, 1.82) is 0 Å². The van der Waals surface area contributed by atoms with E-state index in [0.717, 1.165) is 0 Å². The monoisotopic (exact) mass is 341 g/mol. The molecule has 2 rings (SSSR count). The van der Waals surface area contributed by atoms with Crippen LogP contribution in [-0.4, -0.2) is 110 Å². The van der Waals surface area contributed by atoms with Gasteiger partial charge in [0, 0.05) is 0 Å². The van der Waals surface area contributed by atoms with Crippen LogP contribution in [0.15, 0.2) is 0 Å². The van der Waals surface area contributed by atoms with Crippen LogP contribution in [0.4, 0.5) is 0 Å². The van der Waals surface area contributed by atoms with Gasteiger partial charge in [-0.15, -0.1) is 0 Å². The van der Waals surface area contributed by atoms with E-state index in [-0.39, 0.29) is 0 Å². The highest BCUT2D eigenvalue weighted by atomic mass is 16.7. The van der Waals surface area contributed by atoms with Gasteiger partial charge in [0.25, 0.3) is 0 Å². The number of ether oxygens (including phenoxy) is 3. The van der Waals surface area contributed by atoms with Crippen LogP contribution in [0.1, 0.15) is 0 Å². The molecule has 9 N–H and O–H groups in total. The average Bonchev–Trinajstić information content (AvgIpc) is 2.55. The summed E-state index contributed by atoms with van der Waals surface area (Å²) < 4.78 is 15.5. The minimum atomic E-state index is -1.68. The van der Waals surface area contributed by atoms with Gasteiger partial charge in [0.1, 0.15) is 42.7 Å². The molecule has 2 saturated heterocycles. The van der Waals surface area contributed by atoms with E-state index < -0.39 is 74.6 Å². The van der Waals surface area contributed by atoms with Crippen molar-refractivity contribution >= 4 is 0 Å². The predicted octanol–water partition coefficient (Wildman–Crippen LogP) is -5.43. The number of aliphatic hydroxyl groups excluding tert-OH is 7. The first-order valence-electron chi connectivity index (χ1n) is 7.15. The Hall–Kier alpha value is -0.440. The molecule has 1 unspecified atom stereocenters. The largest absolute Gasteiger partial charge is 0.394 e. The van der Waals surface area contributed by atoms with Crippen molar-refractivity contribution in [3.05, 3.63) is 0 Å². The van der Waals surface area contributed by atoms with Gasteiger partial charge in [-0.25, -0.2) is 0 Å². The van der Waals surface area contributed by atoms with Crippen LogP contribution in [0.5, 0.6) is 0 Å². The van der Waals surface area contributed by atoms with E-state index in [0.29, 0.717) is 0 Å². The molecule has 2 aliphatic heterocycles. The summed E-state index contributed by atoms with van der Waals surface area (Å²) in [5.74, 6) is 0. The first-order chi connectivity index (χ1) is 10.8. The Labute approximate surface area is 131 Å². The maximum Gasteiger partial charge on any atom is 0.187 e. The van der Waals surface area contributed by atoms with E-state index in [9.17, 15) is 30.6 Å². The topological polar surface area (TPSA) is 195 Å². The molecule has 136 valence electrons. The Balaban J connectivity index is 2.11. The minimum Gasteiger partial charge on any atom is -0.394 e.